The third-order valence-corrected chi connectivity index (χ3v) is 7.15. The number of hydrogen-bond donors (Lipinski definition) is 0. The number of ether oxygens (including phenoxy) is 1. The first-order valence-corrected chi connectivity index (χ1v) is 12.0. The molecular formula is C31H31NO. The standard InChI is InChI=1S/C31H31NO/c1-4-16-31(17-5-2)29-20-24(22-6-10-26(33-3)11-7-22)8-12-27(29)28-13-9-25(21-30(28)31)23-14-18-32-19-15-23/h6-15,18-21H,4-5,16-17H2,1-3H3. The molecule has 0 aliphatic heterocycles. The van der Waals surface area contributed by atoms with E-state index in [9.17, 15) is 0 Å². The fourth-order valence-electron chi connectivity index (χ4n) is 5.70. The molecule has 0 radical (unpaired) electrons. The average molecular weight is 434 g/mol. The van der Waals surface area contributed by atoms with Crippen LogP contribution < -0.4 is 4.74 Å². The minimum Gasteiger partial charge on any atom is -0.497 e. The summed E-state index contributed by atoms with van der Waals surface area (Å²) in [6.07, 6.45) is 8.39. The van der Waals surface area contributed by atoms with Crippen molar-refractivity contribution in [3.8, 4) is 39.1 Å². The quantitative estimate of drug-likeness (QED) is 0.292. The maximum Gasteiger partial charge on any atom is 0.118 e. The topological polar surface area (TPSA) is 22.1 Å². The Morgan fingerprint density at radius 3 is 1.61 bits per heavy atom. The number of pyridine rings is 1. The van der Waals surface area contributed by atoms with Crippen LogP contribution in [-0.4, -0.2) is 12.1 Å². The maximum atomic E-state index is 5.36. The molecule has 3 aromatic carbocycles. The SMILES string of the molecule is CCCC1(CCC)c2cc(-c3ccncc3)ccc2-c2ccc(-c3ccc(OC)cc3)cc21. The van der Waals surface area contributed by atoms with Gasteiger partial charge in [-0.05, 0) is 93.7 Å². The summed E-state index contributed by atoms with van der Waals surface area (Å²) >= 11 is 0. The van der Waals surface area contributed by atoms with Gasteiger partial charge in [0, 0.05) is 17.8 Å². The molecule has 0 N–H and O–H groups in total. The van der Waals surface area contributed by atoms with Crippen molar-refractivity contribution in [3.05, 3.63) is 96.3 Å². The Balaban J connectivity index is 1.68. The van der Waals surface area contributed by atoms with Crippen LogP contribution in [0.4, 0.5) is 0 Å². The first kappa shape index (κ1) is 21.5. The number of methoxy groups -OCH3 is 1. The van der Waals surface area contributed by atoms with Gasteiger partial charge in [0.05, 0.1) is 7.11 Å². The molecule has 0 saturated heterocycles. The first-order valence-electron chi connectivity index (χ1n) is 12.0. The molecular weight excluding hydrogens is 402 g/mol. The highest BCUT2D eigenvalue weighted by Gasteiger charge is 2.42. The predicted octanol–water partition coefficient (Wildman–Crippen LogP) is 8.29. The molecule has 0 saturated carbocycles. The van der Waals surface area contributed by atoms with Gasteiger partial charge in [-0.3, -0.25) is 4.98 Å². The van der Waals surface area contributed by atoms with E-state index in [1.165, 1.54) is 44.5 Å². The second kappa shape index (κ2) is 8.86. The predicted molar refractivity (Wildman–Crippen MR) is 138 cm³/mol. The Labute approximate surface area is 197 Å². The van der Waals surface area contributed by atoms with E-state index in [4.69, 9.17) is 4.74 Å². The lowest BCUT2D eigenvalue weighted by Crippen LogP contribution is -2.25. The molecule has 1 aliphatic rings. The summed E-state index contributed by atoms with van der Waals surface area (Å²) in [5, 5.41) is 0. The molecule has 1 aliphatic carbocycles. The van der Waals surface area contributed by atoms with Crippen molar-refractivity contribution < 1.29 is 4.74 Å². The minimum absolute atomic E-state index is 0.0552. The van der Waals surface area contributed by atoms with Gasteiger partial charge in [0.1, 0.15) is 5.75 Å². The van der Waals surface area contributed by atoms with Crippen LogP contribution in [0.1, 0.15) is 50.7 Å². The zero-order valence-electron chi connectivity index (χ0n) is 19.8. The maximum absolute atomic E-state index is 5.36. The van der Waals surface area contributed by atoms with Crippen LogP contribution >= 0.6 is 0 Å². The van der Waals surface area contributed by atoms with Crippen LogP contribution in [0.5, 0.6) is 5.75 Å². The Bertz CT molecular complexity index is 1250. The molecule has 33 heavy (non-hydrogen) atoms. The molecule has 2 heteroatoms. The number of aromatic nitrogens is 1. The van der Waals surface area contributed by atoms with Gasteiger partial charge in [0.25, 0.3) is 0 Å². The molecule has 5 rings (SSSR count). The fraction of sp³-hybridized carbons (Fsp3) is 0.258. The lowest BCUT2D eigenvalue weighted by atomic mass is 9.71. The van der Waals surface area contributed by atoms with Gasteiger partial charge >= 0.3 is 0 Å². The van der Waals surface area contributed by atoms with Crippen molar-refractivity contribution >= 4 is 0 Å². The van der Waals surface area contributed by atoms with Gasteiger partial charge in [0.2, 0.25) is 0 Å². The van der Waals surface area contributed by atoms with E-state index in [1.54, 1.807) is 7.11 Å². The Morgan fingerprint density at radius 2 is 1.12 bits per heavy atom. The largest absolute Gasteiger partial charge is 0.497 e. The van der Waals surface area contributed by atoms with Gasteiger partial charge < -0.3 is 4.74 Å². The molecule has 0 bridgehead atoms. The summed E-state index contributed by atoms with van der Waals surface area (Å²) in [4.78, 5) is 4.20. The highest BCUT2D eigenvalue weighted by molar-refractivity contribution is 5.86. The van der Waals surface area contributed by atoms with Crippen LogP contribution in [0.3, 0.4) is 0 Å². The molecule has 2 nitrogen and oxygen atoms in total. The van der Waals surface area contributed by atoms with Gasteiger partial charge in [0.15, 0.2) is 0 Å². The molecule has 0 spiro atoms. The molecule has 166 valence electrons. The highest BCUT2D eigenvalue weighted by atomic mass is 16.5. The first-order chi connectivity index (χ1) is 16.2. The summed E-state index contributed by atoms with van der Waals surface area (Å²) in [6.45, 7) is 4.63. The molecule has 1 heterocycles. The van der Waals surface area contributed by atoms with E-state index in [-0.39, 0.29) is 5.41 Å². The van der Waals surface area contributed by atoms with Crippen molar-refractivity contribution in [3.63, 3.8) is 0 Å². The summed E-state index contributed by atoms with van der Waals surface area (Å²) in [6, 6.07) is 26.7. The number of hydrogen-bond acceptors (Lipinski definition) is 2. The Hall–Kier alpha value is -3.39. The van der Waals surface area contributed by atoms with Gasteiger partial charge in [-0.1, -0.05) is 63.1 Å². The molecule has 4 aromatic rings. The van der Waals surface area contributed by atoms with E-state index in [0.29, 0.717) is 0 Å². The second-order valence-electron chi connectivity index (χ2n) is 9.07. The molecule has 0 atom stereocenters. The molecule has 1 aromatic heterocycles. The number of fused-ring (bicyclic) bond motifs is 3. The molecule has 0 unspecified atom stereocenters. The summed E-state index contributed by atoms with van der Waals surface area (Å²) in [7, 11) is 1.71. The normalized spacial score (nSPS) is 13.4. The molecule has 0 amide bonds. The van der Waals surface area contributed by atoms with Crippen LogP contribution in [0.25, 0.3) is 33.4 Å². The van der Waals surface area contributed by atoms with Gasteiger partial charge in [-0.25, -0.2) is 0 Å². The van der Waals surface area contributed by atoms with Crippen LogP contribution in [0.2, 0.25) is 0 Å². The number of rotatable bonds is 7. The fourth-order valence-corrected chi connectivity index (χ4v) is 5.70. The van der Waals surface area contributed by atoms with Crippen molar-refractivity contribution in [2.75, 3.05) is 7.11 Å². The van der Waals surface area contributed by atoms with Crippen LogP contribution in [-0.2, 0) is 5.41 Å². The van der Waals surface area contributed by atoms with E-state index >= 15 is 0 Å². The van der Waals surface area contributed by atoms with Gasteiger partial charge in [-0.2, -0.15) is 0 Å². The Kier molecular flexibility index (Phi) is 5.76. The van der Waals surface area contributed by atoms with Crippen molar-refractivity contribution in [1.29, 1.82) is 0 Å². The average Bonchev–Trinajstić information content (AvgIpc) is 3.13. The number of benzene rings is 3. The van der Waals surface area contributed by atoms with Crippen LogP contribution in [0, 0.1) is 0 Å². The smallest absolute Gasteiger partial charge is 0.118 e. The summed E-state index contributed by atoms with van der Waals surface area (Å²) < 4.78 is 5.36. The zero-order valence-corrected chi connectivity index (χ0v) is 19.8. The molecule has 0 fully saturated rings. The van der Waals surface area contributed by atoms with Crippen molar-refractivity contribution in [2.24, 2.45) is 0 Å². The Morgan fingerprint density at radius 1 is 0.636 bits per heavy atom. The third kappa shape index (κ3) is 3.64. The second-order valence-corrected chi connectivity index (χ2v) is 9.07. The van der Waals surface area contributed by atoms with E-state index in [0.717, 1.165) is 31.4 Å². The monoisotopic (exact) mass is 433 g/mol. The van der Waals surface area contributed by atoms with Crippen molar-refractivity contribution in [2.45, 2.75) is 44.9 Å². The highest BCUT2D eigenvalue weighted by Crippen LogP contribution is 2.55. The summed E-state index contributed by atoms with van der Waals surface area (Å²) in [5.74, 6) is 0.891. The third-order valence-electron chi connectivity index (χ3n) is 7.15. The van der Waals surface area contributed by atoms with Crippen molar-refractivity contribution in [1.82, 2.24) is 4.98 Å². The lowest BCUT2D eigenvalue weighted by Gasteiger charge is -2.32. The number of nitrogens with zero attached hydrogens (tertiary/aromatic N) is 1. The summed E-state index contributed by atoms with van der Waals surface area (Å²) in [5.41, 5.74) is 10.8. The lowest BCUT2D eigenvalue weighted by molar-refractivity contribution is 0.415. The van der Waals surface area contributed by atoms with Gasteiger partial charge in [-0.15, -0.1) is 0 Å². The minimum atomic E-state index is 0.0552. The van der Waals surface area contributed by atoms with E-state index in [2.05, 4.69) is 79.5 Å². The van der Waals surface area contributed by atoms with E-state index < -0.39 is 0 Å². The zero-order chi connectivity index (χ0) is 22.8. The van der Waals surface area contributed by atoms with E-state index in [1.807, 2.05) is 24.5 Å². The van der Waals surface area contributed by atoms with Crippen LogP contribution in [0.15, 0.2) is 85.2 Å².